The summed E-state index contributed by atoms with van der Waals surface area (Å²) in [5.41, 5.74) is 2.80. The van der Waals surface area contributed by atoms with Crippen molar-refractivity contribution in [2.45, 2.75) is 6.42 Å². The molecule has 2 bridgehead atoms. The number of carbonyl (C=O) groups is 3. The fourth-order valence-electron chi connectivity index (χ4n) is 3.68. The minimum atomic E-state index is -0.473. The van der Waals surface area contributed by atoms with Crippen LogP contribution in [0.15, 0.2) is 36.7 Å². The quantitative estimate of drug-likeness (QED) is 0.634. The number of nitrogens with one attached hydrogen (secondary N) is 1. The highest BCUT2D eigenvalue weighted by Crippen LogP contribution is 2.52. The van der Waals surface area contributed by atoms with Crippen LogP contribution in [-0.4, -0.2) is 27.7 Å². The molecule has 1 aliphatic heterocycles. The Morgan fingerprint density at radius 2 is 1.67 bits per heavy atom. The predicted octanol–water partition coefficient (Wildman–Crippen LogP) is 0.533. The first-order valence-corrected chi connectivity index (χ1v) is 6.94. The molecule has 1 aromatic heterocycles. The summed E-state index contributed by atoms with van der Waals surface area (Å²) in [5.74, 6) is -1.37. The summed E-state index contributed by atoms with van der Waals surface area (Å²) in [6.07, 6.45) is 7.89. The lowest BCUT2D eigenvalue weighted by Crippen LogP contribution is -2.47. The normalized spacial score (nSPS) is 32.7. The van der Waals surface area contributed by atoms with E-state index < -0.39 is 5.91 Å². The lowest BCUT2D eigenvalue weighted by atomic mass is 9.85. The molecular formula is C15H13N3O3. The van der Waals surface area contributed by atoms with Gasteiger partial charge in [-0.05, 0) is 30.4 Å². The van der Waals surface area contributed by atoms with E-state index >= 15 is 0 Å². The van der Waals surface area contributed by atoms with Gasteiger partial charge in [0.1, 0.15) is 0 Å². The number of rotatable bonds is 2. The topological polar surface area (TPSA) is 79.4 Å². The van der Waals surface area contributed by atoms with Crippen LogP contribution in [-0.2, 0) is 9.59 Å². The SMILES string of the molecule is O=C(NN1C(=O)[C@@H]2[C@@H](C1=O)[C@H]1C=C[C@H]2C1)c1ccncc1. The number of imide groups is 1. The lowest BCUT2D eigenvalue weighted by molar-refractivity contribution is -0.143. The molecule has 2 fully saturated rings. The van der Waals surface area contributed by atoms with Crippen LogP contribution in [0, 0.1) is 23.7 Å². The molecule has 2 heterocycles. The molecule has 4 atom stereocenters. The predicted molar refractivity (Wildman–Crippen MR) is 71.3 cm³/mol. The summed E-state index contributed by atoms with van der Waals surface area (Å²) in [7, 11) is 0. The number of carbonyl (C=O) groups excluding carboxylic acids is 3. The fourth-order valence-corrected chi connectivity index (χ4v) is 3.68. The van der Waals surface area contributed by atoms with Crippen molar-refractivity contribution in [2.24, 2.45) is 23.7 Å². The number of aromatic nitrogens is 1. The third-order valence-electron chi connectivity index (χ3n) is 4.63. The average molecular weight is 283 g/mol. The second-order valence-electron chi connectivity index (χ2n) is 5.69. The smallest absolute Gasteiger partial charge is 0.270 e. The molecule has 6 nitrogen and oxygen atoms in total. The molecule has 0 aromatic carbocycles. The summed E-state index contributed by atoms with van der Waals surface area (Å²) < 4.78 is 0. The molecule has 1 saturated heterocycles. The van der Waals surface area contributed by atoms with Gasteiger partial charge in [0.25, 0.3) is 17.7 Å². The number of fused-ring (bicyclic) bond motifs is 5. The maximum absolute atomic E-state index is 12.4. The zero-order valence-corrected chi connectivity index (χ0v) is 11.1. The maximum Gasteiger partial charge on any atom is 0.270 e. The van der Waals surface area contributed by atoms with E-state index in [0.29, 0.717) is 5.56 Å². The second-order valence-corrected chi connectivity index (χ2v) is 5.69. The third kappa shape index (κ3) is 1.65. The molecule has 1 aromatic rings. The molecule has 0 radical (unpaired) electrons. The third-order valence-corrected chi connectivity index (χ3v) is 4.63. The Bertz CT molecular complexity index is 640. The molecule has 1 saturated carbocycles. The zero-order valence-electron chi connectivity index (χ0n) is 11.1. The van der Waals surface area contributed by atoms with Crippen molar-refractivity contribution in [2.75, 3.05) is 0 Å². The van der Waals surface area contributed by atoms with Gasteiger partial charge < -0.3 is 0 Å². The van der Waals surface area contributed by atoms with E-state index in [9.17, 15) is 14.4 Å². The second kappa shape index (κ2) is 4.25. The molecular weight excluding hydrogens is 270 g/mol. The number of hydrogen-bond donors (Lipinski definition) is 1. The minimum absolute atomic E-state index is 0.138. The summed E-state index contributed by atoms with van der Waals surface area (Å²) in [4.78, 5) is 40.7. The van der Waals surface area contributed by atoms with Crippen LogP contribution in [0.5, 0.6) is 0 Å². The van der Waals surface area contributed by atoms with Gasteiger partial charge in [-0.15, -0.1) is 0 Å². The van der Waals surface area contributed by atoms with Gasteiger partial charge >= 0.3 is 0 Å². The van der Waals surface area contributed by atoms with Crippen LogP contribution in [0.25, 0.3) is 0 Å². The monoisotopic (exact) mass is 283 g/mol. The van der Waals surface area contributed by atoms with Gasteiger partial charge in [0, 0.05) is 18.0 Å². The van der Waals surface area contributed by atoms with Crippen molar-refractivity contribution in [3.05, 3.63) is 42.2 Å². The minimum Gasteiger partial charge on any atom is -0.272 e. The van der Waals surface area contributed by atoms with E-state index in [1.54, 1.807) is 0 Å². The van der Waals surface area contributed by atoms with Gasteiger partial charge in [-0.1, -0.05) is 12.2 Å². The summed E-state index contributed by atoms with van der Waals surface area (Å²) in [6, 6.07) is 3.07. The molecule has 4 rings (SSSR count). The van der Waals surface area contributed by atoms with Crippen LogP contribution in [0.4, 0.5) is 0 Å². The molecule has 0 spiro atoms. The van der Waals surface area contributed by atoms with Crippen molar-refractivity contribution in [1.82, 2.24) is 15.4 Å². The maximum atomic E-state index is 12.4. The van der Waals surface area contributed by atoms with E-state index in [1.807, 2.05) is 12.2 Å². The van der Waals surface area contributed by atoms with Gasteiger partial charge in [0.05, 0.1) is 11.8 Å². The van der Waals surface area contributed by atoms with Crippen LogP contribution in [0.2, 0.25) is 0 Å². The highest BCUT2D eigenvalue weighted by Gasteiger charge is 2.59. The molecule has 3 amide bonds. The van der Waals surface area contributed by atoms with Crippen LogP contribution in [0.1, 0.15) is 16.8 Å². The van der Waals surface area contributed by atoms with E-state index in [0.717, 1.165) is 11.4 Å². The molecule has 106 valence electrons. The van der Waals surface area contributed by atoms with Crippen LogP contribution < -0.4 is 5.43 Å². The van der Waals surface area contributed by atoms with Crippen LogP contribution in [0.3, 0.4) is 0 Å². The van der Waals surface area contributed by atoms with Gasteiger partial charge in [0.2, 0.25) is 0 Å². The van der Waals surface area contributed by atoms with Gasteiger partial charge in [-0.2, -0.15) is 5.01 Å². The molecule has 21 heavy (non-hydrogen) atoms. The lowest BCUT2D eigenvalue weighted by Gasteiger charge is -2.17. The van der Waals surface area contributed by atoms with Gasteiger partial charge in [-0.3, -0.25) is 24.8 Å². The molecule has 3 aliphatic rings. The first-order valence-electron chi connectivity index (χ1n) is 6.94. The van der Waals surface area contributed by atoms with E-state index in [2.05, 4.69) is 10.4 Å². The number of hydrogen-bond acceptors (Lipinski definition) is 4. The fraction of sp³-hybridized carbons (Fsp3) is 0.333. The number of hydrazine groups is 1. The molecule has 0 unspecified atom stereocenters. The first kappa shape index (κ1) is 12.3. The molecule has 2 aliphatic carbocycles. The van der Waals surface area contributed by atoms with Crippen molar-refractivity contribution >= 4 is 17.7 Å². The van der Waals surface area contributed by atoms with E-state index in [1.165, 1.54) is 24.5 Å². The Morgan fingerprint density at radius 1 is 1.10 bits per heavy atom. The Kier molecular flexibility index (Phi) is 2.48. The van der Waals surface area contributed by atoms with Gasteiger partial charge in [-0.25, -0.2) is 0 Å². The zero-order chi connectivity index (χ0) is 14.6. The van der Waals surface area contributed by atoms with Crippen molar-refractivity contribution in [3.63, 3.8) is 0 Å². The number of allylic oxidation sites excluding steroid dienone is 2. The van der Waals surface area contributed by atoms with Crippen molar-refractivity contribution < 1.29 is 14.4 Å². The van der Waals surface area contributed by atoms with E-state index in [-0.39, 0.29) is 35.5 Å². The Morgan fingerprint density at radius 3 is 2.24 bits per heavy atom. The highest BCUT2D eigenvalue weighted by atomic mass is 16.2. The average Bonchev–Trinajstić information content (AvgIpc) is 3.18. The van der Waals surface area contributed by atoms with Gasteiger partial charge in [0.15, 0.2) is 0 Å². The molecule has 6 heteroatoms. The van der Waals surface area contributed by atoms with Crippen molar-refractivity contribution in [1.29, 1.82) is 0 Å². The van der Waals surface area contributed by atoms with Crippen LogP contribution >= 0.6 is 0 Å². The number of amides is 3. The largest absolute Gasteiger partial charge is 0.272 e. The Hall–Kier alpha value is -2.50. The van der Waals surface area contributed by atoms with Crippen molar-refractivity contribution in [3.8, 4) is 0 Å². The molecule has 1 N–H and O–H groups in total. The first-order chi connectivity index (χ1) is 10.2. The summed E-state index contributed by atoms with van der Waals surface area (Å²) in [6.45, 7) is 0. The van der Waals surface area contributed by atoms with E-state index in [4.69, 9.17) is 0 Å². The summed E-state index contributed by atoms with van der Waals surface area (Å²) >= 11 is 0. The standard InChI is InChI=1S/C15H13N3O3/c19-13(8-3-5-16-6-4-8)17-18-14(20)11-9-1-2-10(7-9)12(11)15(18)21/h1-6,9-12H,7H2,(H,17,19)/t9-,10-,11-,12-/m0/s1. The summed E-state index contributed by atoms with van der Waals surface area (Å²) in [5, 5.41) is 0.907. The number of nitrogens with zero attached hydrogens (tertiary/aromatic N) is 2. The Labute approximate surface area is 120 Å². The highest BCUT2D eigenvalue weighted by molar-refractivity contribution is 6.08. The number of pyridine rings is 1. The Balaban J connectivity index is 1.56.